The molecule has 1 saturated carbocycles. The second kappa shape index (κ2) is 11.7. The number of aromatic nitrogens is 2. The summed E-state index contributed by atoms with van der Waals surface area (Å²) in [5.41, 5.74) is 4.81. The van der Waals surface area contributed by atoms with Crippen molar-refractivity contribution < 1.29 is 8.42 Å². The van der Waals surface area contributed by atoms with Crippen molar-refractivity contribution in [1.82, 2.24) is 24.5 Å². The number of benzene rings is 2. The van der Waals surface area contributed by atoms with Crippen molar-refractivity contribution in [3.8, 4) is 11.3 Å². The Balaban J connectivity index is 1.21. The Bertz CT molecular complexity index is 1280. The maximum Gasteiger partial charge on any atom is 0.216 e. The monoisotopic (exact) mass is 520 g/mol. The molecule has 1 aromatic heterocycles. The zero-order valence-electron chi connectivity index (χ0n) is 21.4. The lowest BCUT2D eigenvalue weighted by Crippen LogP contribution is -2.43. The lowest BCUT2D eigenvalue weighted by molar-refractivity contribution is 0.148. The molecule has 2 heterocycles. The molecular formula is C28H36N6O2S. The molecule has 8 nitrogen and oxygen atoms in total. The number of likely N-dealkylation sites (N-methyl/N-ethyl adjacent to an activating group) is 1. The molecule has 1 aliphatic heterocycles. The molecule has 5 rings (SSSR count). The van der Waals surface area contributed by atoms with Gasteiger partial charge in [-0.15, -0.1) is 0 Å². The summed E-state index contributed by atoms with van der Waals surface area (Å²) < 4.78 is 27.9. The zero-order chi connectivity index (χ0) is 25.7. The fourth-order valence-electron chi connectivity index (χ4n) is 5.07. The Morgan fingerprint density at radius 1 is 0.919 bits per heavy atom. The van der Waals surface area contributed by atoms with E-state index >= 15 is 0 Å². The number of nitrogens with zero attached hydrogens (tertiary/aromatic N) is 4. The Labute approximate surface area is 220 Å². The van der Waals surface area contributed by atoms with Gasteiger partial charge in [0.2, 0.25) is 10.0 Å². The number of nitrogens with one attached hydrogen (secondary N) is 2. The normalized spacial score (nSPS) is 17.8. The van der Waals surface area contributed by atoms with Gasteiger partial charge in [-0.25, -0.2) is 23.1 Å². The summed E-state index contributed by atoms with van der Waals surface area (Å²) >= 11 is 0. The Morgan fingerprint density at radius 2 is 1.68 bits per heavy atom. The van der Waals surface area contributed by atoms with Gasteiger partial charge in [-0.05, 0) is 49.2 Å². The highest BCUT2D eigenvalue weighted by atomic mass is 32.2. The van der Waals surface area contributed by atoms with Crippen LogP contribution in [0.25, 0.3) is 11.3 Å². The van der Waals surface area contributed by atoms with Crippen LogP contribution >= 0.6 is 0 Å². The molecule has 2 N–H and O–H groups in total. The van der Waals surface area contributed by atoms with E-state index in [1.165, 1.54) is 5.56 Å². The van der Waals surface area contributed by atoms with Gasteiger partial charge in [0.15, 0.2) is 0 Å². The molecule has 0 bridgehead atoms. The molecule has 2 aliphatic rings. The van der Waals surface area contributed by atoms with Gasteiger partial charge in [-0.1, -0.05) is 43.2 Å². The number of hydrogen-bond acceptors (Lipinski definition) is 7. The predicted molar refractivity (Wildman–Crippen MR) is 148 cm³/mol. The third kappa shape index (κ3) is 7.35. The molecule has 2 fully saturated rings. The highest BCUT2D eigenvalue weighted by Gasteiger charge is 2.21. The van der Waals surface area contributed by atoms with Crippen molar-refractivity contribution in [2.45, 2.75) is 44.0 Å². The predicted octanol–water partition coefficient (Wildman–Crippen LogP) is 4.00. The van der Waals surface area contributed by atoms with Crippen LogP contribution in [0, 0.1) is 0 Å². The SMILES string of the molecule is CN1CCN(Cc2cccc(-c3cc(Nc4ccc(CS(=O)(=O)NC5CCCC5)cc4)ncn3)c2)CC1. The number of hydrogen-bond donors (Lipinski definition) is 2. The van der Waals surface area contributed by atoms with E-state index < -0.39 is 10.0 Å². The van der Waals surface area contributed by atoms with Crippen LogP contribution in [0.1, 0.15) is 36.8 Å². The van der Waals surface area contributed by atoms with Crippen LogP contribution in [-0.4, -0.2) is 67.5 Å². The highest BCUT2D eigenvalue weighted by Crippen LogP contribution is 2.24. The minimum absolute atomic E-state index is 0.00803. The van der Waals surface area contributed by atoms with Crippen LogP contribution in [0.5, 0.6) is 0 Å². The number of sulfonamides is 1. The van der Waals surface area contributed by atoms with Gasteiger partial charge in [-0.2, -0.15) is 0 Å². The van der Waals surface area contributed by atoms with Gasteiger partial charge in [0.05, 0.1) is 11.4 Å². The standard InChI is InChI=1S/C28H36N6O2S/c1-33-13-15-34(16-14-33)19-23-5-4-6-24(17-23)27-18-28(30-21-29-27)31-25-11-9-22(10-12-25)20-37(35,36)32-26-7-2-3-8-26/h4-6,9-12,17-18,21,26,32H,2-3,7-8,13-16,19-20H2,1H3,(H,29,30,31). The first-order valence-electron chi connectivity index (χ1n) is 13.1. The molecule has 0 atom stereocenters. The van der Waals surface area contributed by atoms with E-state index in [-0.39, 0.29) is 11.8 Å². The summed E-state index contributed by atoms with van der Waals surface area (Å²) in [6, 6.07) is 18.0. The number of anilines is 2. The summed E-state index contributed by atoms with van der Waals surface area (Å²) in [4.78, 5) is 13.7. The molecule has 1 saturated heterocycles. The van der Waals surface area contributed by atoms with Gasteiger partial charge >= 0.3 is 0 Å². The second-order valence-corrected chi connectivity index (χ2v) is 12.0. The van der Waals surface area contributed by atoms with Gasteiger partial charge in [0.1, 0.15) is 12.1 Å². The van der Waals surface area contributed by atoms with Crippen LogP contribution in [0.15, 0.2) is 60.9 Å². The molecule has 37 heavy (non-hydrogen) atoms. The average Bonchev–Trinajstić information content (AvgIpc) is 3.39. The van der Waals surface area contributed by atoms with Gasteiger partial charge < -0.3 is 10.2 Å². The molecule has 0 radical (unpaired) electrons. The van der Waals surface area contributed by atoms with Crippen molar-refractivity contribution in [3.05, 3.63) is 72.1 Å². The van der Waals surface area contributed by atoms with E-state index in [1.807, 2.05) is 30.3 Å². The first kappa shape index (κ1) is 25.8. The Hall–Kier alpha value is -2.85. The van der Waals surface area contributed by atoms with Crippen molar-refractivity contribution in [2.75, 3.05) is 38.5 Å². The van der Waals surface area contributed by atoms with E-state index in [0.717, 1.165) is 80.9 Å². The van der Waals surface area contributed by atoms with Crippen molar-refractivity contribution in [1.29, 1.82) is 0 Å². The van der Waals surface area contributed by atoms with E-state index in [2.05, 4.69) is 61.1 Å². The molecule has 0 amide bonds. The molecule has 2 aromatic carbocycles. The minimum atomic E-state index is -3.34. The lowest BCUT2D eigenvalue weighted by atomic mass is 10.1. The topological polar surface area (TPSA) is 90.5 Å². The fraction of sp³-hybridized carbons (Fsp3) is 0.429. The first-order chi connectivity index (χ1) is 17.9. The quantitative estimate of drug-likeness (QED) is 0.441. The van der Waals surface area contributed by atoms with Crippen LogP contribution in [-0.2, 0) is 22.3 Å². The van der Waals surface area contributed by atoms with Crippen LogP contribution < -0.4 is 10.0 Å². The Kier molecular flexibility index (Phi) is 8.14. The maximum absolute atomic E-state index is 12.5. The first-order valence-corrected chi connectivity index (χ1v) is 14.8. The largest absolute Gasteiger partial charge is 0.340 e. The molecule has 196 valence electrons. The summed E-state index contributed by atoms with van der Waals surface area (Å²) in [7, 11) is -1.16. The van der Waals surface area contributed by atoms with Crippen molar-refractivity contribution >= 4 is 21.5 Å². The average molecular weight is 521 g/mol. The fourth-order valence-corrected chi connectivity index (χ4v) is 6.53. The summed E-state index contributed by atoms with van der Waals surface area (Å²) in [6.45, 7) is 5.33. The van der Waals surface area contributed by atoms with Gasteiger partial charge in [0, 0.05) is 56.1 Å². The summed E-state index contributed by atoms with van der Waals surface area (Å²) in [5.74, 6) is 0.684. The summed E-state index contributed by atoms with van der Waals surface area (Å²) in [6.07, 6.45) is 5.63. The molecular weight excluding hydrogens is 484 g/mol. The van der Waals surface area contributed by atoms with Gasteiger partial charge in [-0.3, -0.25) is 4.90 Å². The highest BCUT2D eigenvalue weighted by molar-refractivity contribution is 7.88. The van der Waals surface area contributed by atoms with Crippen LogP contribution in [0.2, 0.25) is 0 Å². The van der Waals surface area contributed by atoms with E-state index in [9.17, 15) is 8.42 Å². The van der Waals surface area contributed by atoms with Crippen LogP contribution in [0.3, 0.4) is 0 Å². The smallest absolute Gasteiger partial charge is 0.216 e. The Morgan fingerprint density at radius 3 is 2.43 bits per heavy atom. The third-order valence-electron chi connectivity index (χ3n) is 7.18. The maximum atomic E-state index is 12.5. The van der Waals surface area contributed by atoms with Crippen molar-refractivity contribution in [3.63, 3.8) is 0 Å². The van der Waals surface area contributed by atoms with Crippen molar-refractivity contribution in [2.24, 2.45) is 0 Å². The van der Waals surface area contributed by atoms with E-state index in [1.54, 1.807) is 6.33 Å². The third-order valence-corrected chi connectivity index (χ3v) is 8.58. The molecule has 3 aromatic rings. The van der Waals surface area contributed by atoms with E-state index in [4.69, 9.17) is 0 Å². The number of piperazine rings is 1. The molecule has 0 spiro atoms. The second-order valence-electron chi connectivity index (χ2n) is 10.2. The molecule has 9 heteroatoms. The van der Waals surface area contributed by atoms with E-state index in [0.29, 0.717) is 5.82 Å². The van der Waals surface area contributed by atoms with Gasteiger partial charge in [0.25, 0.3) is 0 Å². The lowest BCUT2D eigenvalue weighted by Gasteiger charge is -2.32. The number of rotatable bonds is 9. The summed E-state index contributed by atoms with van der Waals surface area (Å²) in [5, 5.41) is 3.32. The molecule has 0 unspecified atom stereocenters. The molecule has 1 aliphatic carbocycles. The zero-order valence-corrected chi connectivity index (χ0v) is 22.3. The van der Waals surface area contributed by atoms with Crippen LogP contribution in [0.4, 0.5) is 11.5 Å². The minimum Gasteiger partial charge on any atom is -0.340 e.